The number of halogens is 2. The zero-order valence-electron chi connectivity index (χ0n) is 10.1. The quantitative estimate of drug-likeness (QED) is 0.657. The van der Waals surface area contributed by atoms with Gasteiger partial charge in [-0.05, 0) is 41.5 Å². The third-order valence-corrected chi connectivity index (χ3v) is 3.63. The number of nitrogens with two attached hydrogens (primary N) is 1. The van der Waals surface area contributed by atoms with E-state index in [1.165, 1.54) is 6.07 Å². The van der Waals surface area contributed by atoms with Crippen molar-refractivity contribution in [1.29, 1.82) is 0 Å². The van der Waals surface area contributed by atoms with E-state index >= 15 is 0 Å². The summed E-state index contributed by atoms with van der Waals surface area (Å²) < 4.78 is 21.0. The number of ether oxygens (including phenoxy) is 1. The van der Waals surface area contributed by atoms with Crippen LogP contribution in [0.15, 0.2) is 12.1 Å². The van der Waals surface area contributed by atoms with Crippen LogP contribution in [0.2, 0.25) is 0 Å². The Balaban J connectivity index is 2.26. The summed E-state index contributed by atoms with van der Waals surface area (Å²) in [5.41, 5.74) is 7.36. The van der Waals surface area contributed by atoms with E-state index in [2.05, 4.69) is 4.98 Å². The molecule has 6 heteroatoms. The Morgan fingerprint density at radius 3 is 2.94 bits per heavy atom. The Labute approximate surface area is 118 Å². The summed E-state index contributed by atoms with van der Waals surface area (Å²) in [4.78, 5) is 4.25. The van der Waals surface area contributed by atoms with E-state index in [9.17, 15) is 4.39 Å². The standard InChI is InChI=1S/C12H15FIN3O/c1-18-5-3-2-4-17-11-6-8(13)9(14)7-10(11)16-12(17)15/h6-7H,2-5H2,1H3,(H2,15,16). The maximum atomic E-state index is 13.6. The summed E-state index contributed by atoms with van der Waals surface area (Å²) in [6, 6.07) is 3.21. The molecule has 0 radical (unpaired) electrons. The highest BCUT2D eigenvalue weighted by Gasteiger charge is 2.11. The summed E-state index contributed by atoms with van der Waals surface area (Å²) >= 11 is 1.95. The van der Waals surface area contributed by atoms with Gasteiger partial charge in [-0.1, -0.05) is 0 Å². The molecule has 98 valence electrons. The van der Waals surface area contributed by atoms with E-state index in [0.717, 1.165) is 37.0 Å². The molecule has 1 aromatic carbocycles. The number of unbranched alkanes of at least 4 members (excludes halogenated alkanes) is 1. The fraction of sp³-hybridized carbons (Fsp3) is 0.417. The minimum atomic E-state index is -0.235. The number of hydrogen-bond acceptors (Lipinski definition) is 3. The Morgan fingerprint density at radius 1 is 1.44 bits per heavy atom. The molecular weight excluding hydrogens is 348 g/mol. The second kappa shape index (κ2) is 5.83. The lowest BCUT2D eigenvalue weighted by Gasteiger charge is -2.06. The molecule has 0 fully saturated rings. The Hall–Kier alpha value is -0.890. The maximum absolute atomic E-state index is 13.6. The molecule has 0 spiro atoms. The number of nitrogens with zero attached hydrogens (tertiary/aromatic N) is 2. The fourth-order valence-electron chi connectivity index (χ4n) is 1.89. The van der Waals surface area contributed by atoms with Gasteiger partial charge in [0.2, 0.25) is 5.95 Å². The smallest absolute Gasteiger partial charge is 0.201 e. The molecule has 0 amide bonds. The lowest BCUT2D eigenvalue weighted by molar-refractivity contribution is 0.191. The molecule has 4 nitrogen and oxygen atoms in total. The van der Waals surface area contributed by atoms with Gasteiger partial charge in [-0.15, -0.1) is 0 Å². The summed E-state index contributed by atoms with van der Waals surface area (Å²) in [6.07, 6.45) is 1.87. The minimum absolute atomic E-state index is 0.235. The molecule has 2 rings (SSSR count). The molecule has 0 unspecified atom stereocenters. The maximum Gasteiger partial charge on any atom is 0.201 e. The highest BCUT2D eigenvalue weighted by Crippen LogP contribution is 2.23. The zero-order chi connectivity index (χ0) is 13.1. The average Bonchev–Trinajstić information content (AvgIpc) is 2.62. The molecular formula is C12H15FIN3O. The van der Waals surface area contributed by atoms with Crippen molar-refractivity contribution in [2.45, 2.75) is 19.4 Å². The summed E-state index contributed by atoms with van der Waals surface area (Å²) in [5, 5.41) is 0. The van der Waals surface area contributed by atoms with E-state index in [1.54, 1.807) is 13.2 Å². The monoisotopic (exact) mass is 363 g/mol. The first-order valence-electron chi connectivity index (χ1n) is 5.73. The van der Waals surface area contributed by atoms with Crippen molar-refractivity contribution in [3.8, 4) is 0 Å². The third kappa shape index (κ3) is 2.74. The predicted molar refractivity (Wildman–Crippen MR) is 77.9 cm³/mol. The number of anilines is 1. The minimum Gasteiger partial charge on any atom is -0.385 e. The first kappa shape index (κ1) is 13.5. The first-order chi connectivity index (χ1) is 8.63. The first-order valence-corrected chi connectivity index (χ1v) is 6.81. The topological polar surface area (TPSA) is 53.1 Å². The van der Waals surface area contributed by atoms with Gasteiger partial charge < -0.3 is 15.0 Å². The van der Waals surface area contributed by atoms with Crippen LogP contribution in [0.25, 0.3) is 11.0 Å². The average molecular weight is 363 g/mol. The van der Waals surface area contributed by atoms with Crippen LogP contribution in [0.1, 0.15) is 12.8 Å². The molecule has 18 heavy (non-hydrogen) atoms. The normalized spacial score (nSPS) is 11.3. The van der Waals surface area contributed by atoms with Gasteiger partial charge >= 0.3 is 0 Å². The predicted octanol–water partition coefficient (Wildman–Crippen LogP) is 2.79. The van der Waals surface area contributed by atoms with Gasteiger partial charge in [-0.3, -0.25) is 0 Å². The molecule has 0 saturated carbocycles. The summed E-state index contributed by atoms with van der Waals surface area (Å²) in [7, 11) is 1.68. The second-order valence-corrected chi connectivity index (χ2v) is 5.24. The van der Waals surface area contributed by atoms with Crippen LogP contribution in [0.4, 0.5) is 10.3 Å². The SMILES string of the molecule is COCCCCn1c(N)nc2cc(I)c(F)cc21. The van der Waals surface area contributed by atoms with Gasteiger partial charge in [-0.2, -0.15) is 0 Å². The van der Waals surface area contributed by atoms with Gasteiger partial charge in [0.15, 0.2) is 0 Å². The van der Waals surface area contributed by atoms with Crippen molar-refractivity contribution in [3.05, 3.63) is 21.5 Å². The van der Waals surface area contributed by atoms with Gasteiger partial charge in [0, 0.05) is 26.3 Å². The molecule has 2 aromatic rings. The molecule has 1 heterocycles. The summed E-state index contributed by atoms with van der Waals surface area (Å²) in [5.74, 6) is 0.199. The van der Waals surface area contributed by atoms with E-state index in [0.29, 0.717) is 9.52 Å². The highest BCUT2D eigenvalue weighted by molar-refractivity contribution is 14.1. The lowest BCUT2D eigenvalue weighted by atomic mass is 10.3. The number of benzene rings is 1. The van der Waals surface area contributed by atoms with Crippen LogP contribution in [0.3, 0.4) is 0 Å². The van der Waals surface area contributed by atoms with E-state index in [-0.39, 0.29) is 5.82 Å². The highest BCUT2D eigenvalue weighted by atomic mass is 127. The van der Waals surface area contributed by atoms with Crippen molar-refractivity contribution < 1.29 is 9.13 Å². The molecule has 0 aliphatic heterocycles. The van der Waals surface area contributed by atoms with Crippen molar-refractivity contribution in [2.75, 3.05) is 19.5 Å². The van der Waals surface area contributed by atoms with E-state index < -0.39 is 0 Å². The van der Waals surface area contributed by atoms with Gasteiger partial charge in [0.1, 0.15) is 5.82 Å². The lowest BCUT2D eigenvalue weighted by Crippen LogP contribution is -2.04. The number of fused-ring (bicyclic) bond motifs is 1. The Bertz CT molecular complexity index is 556. The number of methoxy groups -OCH3 is 1. The van der Waals surface area contributed by atoms with Gasteiger partial charge in [0.25, 0.3) is 0 Å². The molecule has 1 aromatic heterocycles. The number of imidazole rings is 1. The van der Waals surface area contributed by atoms with Crippen LogP contribution < -0.4 is 5.73 Å². The van der Waals surface area contributed by atoms with E-state index in [1.807, 2.05) is 27.2 Å². The largest absolute Gasteiger partial charge is 0.385 e. The second-order valence-electron chi connectivity index (χ2n) is 4.08. The number of rotatable bonds is 5. The van der Waals surface area contributed by atoms with Crippen LogP contribution in [0, 0.1) is 9.39 Å². The Kier molecular flexibility index (Phi) is 4.39. The molecule has 0 bridgehead atoms. The third-order valence-electron chi connectivity index (χ3n) is 2.80. The van der Waals surface area contributed by atoms with Crippen molar-refractivity contribution in [3.63, 3.8) is 0 Å². The molecule has 0 saturated heterocycles. The molecule has 2 N–H and O–H groups in total. The molecule has 0 atom stereocenters. The van der Waals surface area contributed by atoms with Gasteiger partial charge in [0.05, 0.1) is 14.6 Å². The Morgan fingerprint density at radius 2 is 2.22 bits per heavy atom. The van der Waals surface area contributed by atoms with Crippen LogP contribution in [-0.4, -0.2) is 23.3 Å². The number of aromatic nitrogens is 2. The van der Waals surface area contributed by atoms with Gasteiger partial charge in [-0.25, -0.2) is 9.37 Å². The van der Waals surface area contributed by atoms with Crippen molar-refractivity contribution in [1.82, 2.24) is 9.55 Å². The zero-order valence-corrected chi connectivity index (χ0v) is 12.3. The number of hydrogen-bond donors (Lipinski definition) is 1. The number of aryl methyl sites for hydroxylation is 1. The fourth-order valence-corrected chi connectivity index (χ4v) is 2.34. The van der Waals surface area contributed by atoms with Crippen LogP contribution in [-0.2, 0) is 11.3 Å². The van der Waals surface area contributed by atoms with Crippen LogP contribution >= 0.6 is 22.6 Å². The molecule has 0 aliphatic carbocycles. The van der Waals surface area contributed by atoms with Crippen LogP contribution in [0.5, 0.6) is 0 Å². The summed E-state index contributed by atoms with van der Waals surface area (Å²) in [6.45, 7) is 1.45. The number of nitrogen functional groups attached to an aromatic ring is 1. The molecule has 0 aliphatic rings. The van der Waals surface area contributed by atoms with Crippen molar-refractivity contribution in [2.24, 2.45) is 0 Å². The van der Waals surface area contributed by atoms with Crippen molar-refractivity contribution >= 4 is 39.6 Å². The van der Waals surface area contributed by atoms with E-state index in [4.69, 9.17) is 10.5 Å².